The highest BCUT2D eigenvalue weighted by molar-refractivity contribution is 6.20. The third-order valence-corrected chi connectivity index (χ3v) is 2.56. The van der Waals surface area contributed by atoms with Crippen LogP contribution in [0.3, 0.4) is 0 Å². The van der Waals surface area contributed by atoms with E-state index in [-0.39, 0.29) is 13.2 Å². The smallest absolute Gasteiger partial charge is 0.285 e. The lowest BCUT2D eigenvalue weighted by Crippen LogP contribution is -2.31. The molecule has 0 aliphatic carbocycles. The molecule has 98 valence electrons. The zero-order valence-electron chi connectivity index (χ0n) is 10.2. The first-order valence-corrected chi connectivity index (χ1v) is 5.81. The van der Waals surface area contributed by atoms with Crippen LogP contribution in [-0.4, -0.2) is 36.7 Å². The van der Waals surface area contributed by atoms with Crippen molar-refractivity contribution in [2.45, 2.75) is 6.42 Å². The molecule has 1 aromatic rings. The summed E-state index contributed by atoms with van der Waals surface area (Å²) >= 11 is 0. The molecule has 0 N–H and O–H groups in total. The van der Waals surface area contributed by atoms with Crippen molar-refractivity contribution >= 4 is 11.8 Å². The van der Waals surface area contributed by atoms with Crippen LogP contribution in [0.2, 0.25) is 0 Å². The Hall–Kier alpha value is -2.23. The number of amides is 2. The van der Waals surface area contributed by atoms with E-state index in [9.17, 15) is 9.59 Å². The van der Waals surface area contributed by atoms with Gasteiger partial charge in [0.2, 0.25) is 0 Å². The normalized spacial score (nSPS) is 13.5. The minimum Gasteiger partial charge on any atom is -0.378 e. The van der Waals surface area contributed by atoms with Crippen molar-refractivity contribution < 1.29 is 19.2 Å². The van der Waals surface area contributed by atoms with Crippen molar-refractivity contribution in [3.05, 3.63) is 35.4 Å². The van der Waals surface area contributed by atoms with Crippen LogP contribution in [0.1, 0.15) is 27.1 Å². The van der Waals surface area contributed by atoms with Gasteiger partial charge in [0.25, 0.3) is 11.8 Å². The Morgan fingerprint density at radius 3 is 2.26 bits per heavy atom. The molecule has 0 spiro atoms. The maximum atomic E-state index is 11.9. The SMILES string of the molecule is N#CCCOCCON1C(=O)c2ccccc2C1=O. The van der Waals surface area contributed by atoms with E-state index in [0.717, 1.165) is 5.06 Å². The van der Waals surface area contributed by atoms with Gasteiger partial charge in [-0.15, -0.1) is 5.06 Å². The first-order valence-electron chi connectivity index (χ1n) is 5.81. The van der Waals surface area contributed by atoms with Crippen LogP contribution in [0.25, 0.3) is 0 Å². The minimum atomic E-state index is -0.461. The molecule has 6 heteroatoms. The number of ether oxygens (including phenoxy) is 1. The quantitative estimate of drug-likeness (QED) is 0.566. The van der Waals surface area contributed by atoms with E-state index < -0.39 is 11.8 Å². The number of carbonyl (C=O) groups is 2. The predicted molar refractivity (Wildman–Crippen MR) is 63.9 cm³/mol. The van der Waals surface area contributed by atoms with Crippen molar-refractivity contribution in [2.75, 3.05) is 19.8 Å². The monoisotopic (exact) mass is 260 g/mol. The van der Waals surface area contributed by atoms with Crippen molar-refractivity contribution in [1.82, 2.24) is 5.06 Å². The van der Waals surface area contributed by atoms with Crippen LogP contribution in [0.15, 0.2) is 24.3 Å². The fourth-order valence-corrected chi connectivity index (χ4v) is 1.69. The third kappa shape index (κ3) is 2.78. The first-order chi connectivity index (χ1) is 9.25. The summed E-state index contributed by atoms with van der Waals surface area (Å²) in [6, 6.07) is 8.50. The summed E-state index contributed by atoms with van der Waals surface area (Å²) < 4.78 is 5.08. The number of nitriles is 1. The Balaban J connectivity index is 1.85. The summed E-state index contributed by atoms with van der Waals surface area (Å²) in [5, 5.41) is 9.05. The van der Waals surface area contributed by atoms with Gasteiger partial charge in [-0.05, 0) is 12.1 Å². The number of hydrogen-bond donors (Lipinski definition) is 0. The molecule has 0 saturated carbocycles. The second-order valence-electron chi connectivity index (χ2n) is 3.80. The van der Waals surface area contributed by atoms with E-state index in [0.29, 0.717) is 24.2 Å². The lowest BCUT2D eigenvalue weighted by molar-refractivity contribution is -0.105. The number of hydrogen-bond acceptors (Lipinski definition) is 5. The second-order valence-corrected chi connectivity index (χ2v) is 3.80. The molecule has 1 aliphatic rings. The fourth-order valence-electron chi connectivity index (χ4n) is 1.69. The highest BCUT2D eigenvalue weighted by atomic mass is 16.7. The van der Waals surface area contributed by atoms with Gasteiger partial charge < -0.3 is 4.74 Å². The van der Waals surface area contributed by atoms with E-state index in [1.807, 2.05) is 6.07 Å². The fraction of sp³-hybridized carbons (Fsp3) is 0.308. The second kappa shape index (κ2) is 6.09. The average molecular weight is 260 g/mol. The molecule has 0 saturated heterocycles. The Labute approximate surface area is 110 Å². The molecule has 2 amide bonds. The average Bonchev–Trinajstić information content (AvgIpc) is 2.68. The lowest BCUT2D eigenvalue weighted by Gasteiger charge is -2.12. The van der Waals surface area contributed by atoms with E-state index in [4.69, 9.17) is 14.8 Å². The molecule has 2 rings (SSSR count). The number of nitrogens with zero attached hydrogens (tertiary/aromatic N) is 2. The van der Waals surface area contributed by atoms with Gasteiger partial charge in [0.1, 0.15) is 0 Å². The molecule has 1 aliphatic heterocycles. The van der Waals surface area contributed by atoms with Crippen LogP contribution in [-0.2, 0) is 9.57 Å². The number of benzene rings is 1. The molecule has 1 heterocycles. The number of imide groups is 1. The molecule has 0 atom stereocenters. The van der Waals surface area contributed by atoms with E-state index in [1.54, 1.807) is 24.3 Å². The van der Waals surface area contributed by atoms with E-state index in [1.165, 1.54) is 0 Å². The van der Waals surface area contributed by atoms with Crippen molar-refractivity contribution in [3.8, 4) is 6.07 Å². The molecule has 0 fully saturated rings. The first kappa shape index (κ1) is 13.2. The van der Waals surface area contributed by atoms with Gasteiger partial charge >= 0.3 is 0 Å². The summed E-state index contributed by atoms with van der Waals surface area (Å²) in [5.74, 6) is -0.921. The van der Waals surface area contributed by atoms with Gasteiger partial charge in [-0.3, -0.25) is 14.4 Å². The standard InChI is InChI=1S/C13H12N2O4/c14-6-3-7-18-8-9-19-15-12(16)10-4-1-2-5-11(10)13(15)17/h1-2,4-5H,3,7-9H2. The number of fused-ring (bicyclic) bond motifs is 1. The van der Waals surface area contributed by atoms with Gasteiger partial charge in [0.05, 0.1) is 43.4 Å². The van der Waals surface area contributed by atoms with Crippen LogP contribution < -0.4 is 0 Å². The van der Waals surface area contributed by atoms with Gasteiger partial charge in [0, 0.05) is 0 Å². The molecular formula is C13H12N2O4. The van der Waals surface area contributed by atoms with E-state index >= 15 is 0 Å². The van der Waals surface area contributed by atoms with Crippen LogP contribution in [0.4, 0.5) is 0 Å². The Bertz CT molecular complexity index is 501. The molecule has 0 bridgehead atoms. The highest BCUT2D eigenvalue weighted by Crippen LogP contribution is 2.22. The van der Waals surface area contributed by atoms with Crippen molar-refractivity contribution in [1.29, 1.82) is 5.26 Å². The summed E-state index contributed by atoms with van der Waals surface area (Å²) in [5.41, 5.74) is 0.691. The minimum absolute atomic E-state index is 0.0803. The summed E-state index contributed by atoms with van der Waals surface area (Å²) in [6.45, 7) is 0.605. The summed E-state index contributed by atoms with van der Waals surface area (Å²) in [6.07, 6.45) is 0.299. The molecule has 0 unspecified atom stereocenters. The predicted octanol–water partition coefficient (Wildman–Crippen LogP) is 1.14. The van der Waals surface area contributed by atoms with Crippen molar-refractivity contribution in [2.24, 2.45) is 0 Å². The summed E-state index contributed by atoms with van der Waals surface area (Å²) in [7, 11) is 0. The van der Waals surface area contributed by atoms with Crippen LogP contribution in [0, 0.1) is 11.3 Å². The van der Waals surface area contributed by atoms with Crippen molar-refractivity contribution in [3.63, 3.8) is 0 Å². The number of hydroxylamine groups is 2. The largest absolute Gasteiger partial charge is 0.378 e. The van der Waals surface area contributed by atoms with Gasteiger partial charge in [-0.2, -0.15) is 5.26 Å². The number of rotatable bonds is 6. The van der Waals surface area contributed by atoms with Crippen LogP contribution >= 0.6 is 0 Å². The highest BCUT2D eigenvalue weighted by Gasteiger charge is 2.36. The zero-order valence-corrected chi connectivity index (χ0v) is 10.2. The zero-order chi connectivity index (χ0) is 13.7. The Kier molecular flexibility index (Phi) is 4.23. The van der Waals surface area contributed by atoms with Gasteiger partial charge in [-0.1, -0.05) is 12.1 Å². The Morgan fingerprint density at radius 2 is 1.68 bits per heavy atom. The molecular weight excluding hydrogens is 248 g/mol. The number of carbonyl (C=O) groups excluding carboxylic acids is 2. The van der Waals surface area contributed by atoms with Gasteiger partial charge in [0.15, 0.2) is 0 Å². The van der Waals surface area contributed by atoms with Gasteiger partial charge in [-0.25, -0.2) is 0 Å². The molecule has 0 radical (unpaired) electrons. The maximum absolute atomic E-state index is 11.9. The lowest BCUT2D eigenvalue weighted by atomic mass is 10.1. The summed E-state index contributed by atoms with van der Waals surface area (Å²) in [4.78, 5) is 28.9. The Morgan fingerprint density at radius 1 is 1.05 bits per heavy atom. The molecule has 1 aromatic carbocycles. The molecule has 0 aromatic heterocycles. The van der Waals surface area contributed by atoms with Crippen LogP contribution in [0.5, 0.6) is 0 Å². The maximum Gasteiger partial charge on any atom is 0.285 e. The topological polar surface area (TPSA) is 79.6 Å². The van der Waals surface area contributed by atoms with E-state index in [2.05, 4.69) is 0 Å². The molecule has 6 nitrogen and oxygen atoms in total. The third-order valence-electron chi connectivity index (χ3n) is 2.56. The molecule has 19 heavy (non-hydrogen) atoms.